The number of aromatic nitrogens is 8. The van der Waals surface area contributed by atoms with Crippen LogP contribution in [0, 0.1) is 0 Å². The lowest BCUT2D eigenvalue weighted by Crippen LogP contribution is -2.03. The smallest absolute Gasteiger partial charge is 0.160 e. The third kappa shape index (κ3) is 7.28. The minimum absolute atomic E-state index is 0.608. The predicted octanol–water partition coefficient (Wildman–Crippen LogP) is 14.8. The number of hydrogen-bond donors (Lipinski definition) is 0. The van der Waals surface area contributed by atoms with Gasteiger partial charge < -0.3 is 0 Å². The van der Waals surface area contributed by atoms with Gasteiger partial charge in [-0.2, -0.15) is 0 Å². The van der Waals surface area contributed by atoms with Crippen LogP contribution in [-0.4, -0.2) is 39.9 Å². The largest absolute Gasteiger partial charge is 0.228 e. The van der Waals surface area contributed by atoms with Gasteiger partial charge in [-0.25, -0.2) is 39.9 Å². The highest BCUT2D eigenvalue weighted by Crippen LogP contribution is 2.47. The van der Waals surface area contributed by atoms with Crippen LogP contribution in [0.2, 0.25) is 0 Å². The standard InChI is InChI=1S/C62H38N8/c1-5-21-39(22-6-1)59-63-51-33-17-13-29-43(51)55(67-59)47-37-49(57-45-31-15-19-35-53(45)65-61(69-57)41-25-9-3-10-26-41)50(58-46-32-16-20-36-54(46)66-62(70-58)42-27-11-4-12-28-42)38-48(47)56-44-30-14-18-34-52(44)64-60(68-56)40-23-7-2-8-24-40/h1-38H. The highest BCUT2D eigenvalue weighted by Gasteiger charge is 2.26. The summed E-state index contributed by atoms with van der Waals surface area (Å²) in [4.78, 5) is 42.8. The molecule has 0 aliphatic carbocycles. The molecule has 0 spiro atoms. The van der Waals surface area contributed by atoms with Crippen LogP contribution in [0.1, 0.15) is 0 Å². The van der Waals surface area contributed by atoms with E-state index < -0.39 is 0 Å². The zero-order chi connectivity index (χ0) is 46.4. The second-order valence-electron chi connectivity index (χ2n) is 17.1. The summed E-state index contributed by atoms with van der Waals surface area (Å²) in [6, 6.07) is 78.0. The van der Waals surface area contributed by atoms with Crippen LogP contribution in [0.5, 0.6) is 0 Å². The van der Waals surface area contributed by atoms with E-state index in [0.29, 0.717) is 23.3 Å². The second kappa shape index (κ2) is 17.2. The Kier molecular flexibility index (Phi) is 9.98. The molecular weight excluding hydrogens is 857 g/mol. The van der Waals surface area contributed by atoms with Gasteiger partial charge in [0.2, 0.25) is 0 Å². The van der Waals surface area contributed by atoms with Crippen LogP contribution < -0.4 is 0 Å². The van der Waals surface area contributed by atoms with Gasteiger partial charge in [0, 0.05) is 66.1 Å². The average molecular weight is 895 g/mol. The average Bonchev–Trinajstić information content (AvgIpc) is 3.44. The first-order valence-electron chi connectivity index (χ1n) is 23.2. The third-order valence-corrected chi connectivity index (χ3v) is 12.7. The van der Waals surface area contributed by atoms with Crippen molar-refractivity contribution in [2.75, 3.05) is 0 Å². The van der Waals surface area contributed by atoms with Crippen molar-refractivity contribution in [3.05, 3.63) is 231 Å². The van der Waals surface area contributed by atoms with Gasteiger partial charge in [0.15, 0.2) is 23.3 Å². The van der Waals surface area contributed by atoms with Gasteiger partial charge in [0.1, 0.15) is 0 Å². The van der Waals surface area contributed by atoms with Crippen molar-refractivity contribution in [1.82, 2.24) is 39.9 Å². The summed E-state index contributed by atoms with van der Waals surface area (Å²) in [5.41, 5.74) is 13.2. The molecule has 0 radical (unpaired) electrons. The van der Waals surface area contributed by atoms with E-state index in [1.54, 1.807) is 0 Å². The molecule has 0 saturated carbocycles. The number of rotatable bonds is 8. The molecule has 8 heteroatoms. The molecule has 0 aliphatic heterocycles. The minimum Gasteiger partial charge on any atom is -0.228 e. The first-order chi connectivity index (χ1) is 34.7. The van der Waals surface area contributed by atoms with Crippen LogP contribution in [0.25, 0.3) is 134 Å². The number of hydrogen-bond acceptors (Lipinski definition) is 8. The number of nitrogens with zero attached hydrogens (tertiary/aromatic N) is 8. The van der Waals surface area contributed by atoms with Gasteiger partial charge in [0.05, 0.1) is 44.8 Å². The summed E-state index contributed by atoms with van der Waals surface area (Å²) in [6.07, 6.45) is 0. The Morgan fingerprint density at radius 3 is 0.614 bits per heavy atom. The van der Waals surface area contributed by atoms with E-state index in [1.165, 1.54) is 0 Å². The van der Waals surface area contributed by atoms with Crippen molar-refractivity contribution in [3.8, 4) is 90.6 Å². The van der Waals surface area contributed by atoms with Crippen LogP contribution >= 0.6 is 0 Å². The molecule has 70 heavy (non-hydrogen) atoms. The summed E-state index contributed by atoms with van der Waals surface area (Å²) in [7, 11) is 0. The van der Waals surface area contributed by atoms with Gasteiger partial charge in [0.25, 0.3) is 0 Å². The van der Waals surface area contributed by atoms with Gasteiger partial charge in [-0.1, -0.05) is 194 Å². The molecule has 0 saturated heterocycles. The molecule has 13 rings (SSSR count). The van der Waals surface area contributed by atoms with Crippen LogP contribution in [0.3, 0.4) is 0 Å². The molecule has 0 unspecified atom stereocenters. The molecule has 4 heterocycles. The van der Waals surface area contributed by atoms with E-state index in [9.17, 15) is 0 Å². The zero-order valence-electron chi connectivity index (χ0n) is 37.5. The molecule has 0 N–H and O–H groups in total. The Hall–Kier alpha value is -9.66. The zero-order valence-corrected chi connectivity index (χ0v) is 37.5. The molecule has 13 aromatic rings. The highest BCUT2D eigenvalue weighted by atomic mass is 14.9. The van der Waals surface area contributed by atoms with E-state index in [0.717, 1.165) is 111 Å². The molecule has 0 amide bonds. The van der Waals surface area contributed by atoms with Crippen molar-refractivity contribution in [3.63, 3.8) is 0 Å². The van der Waals surface area contributed by atoms with Gasteiger partial charge in [-0.15, -0.1) is 0 Å². The van der Waals surface area contributed by atoms with Crippen molar-refractivity contribution in [1.29, 1.82) is 0 Å². The Labute approximate surface area is 402 Å². The summed E-state index contributed by atoms with van der Waals surface area (Å²) in [5, 5.41) is 3.56. The fourth-order valence-electron chi connectivity index (χ4n) is 9.38. The number of para-hydroxylation sites is 4. The Morgan fingerprint density at radius 1 is 0.186 bits per heavy atom. The van der Waals surface area contributed by atoms with Gasteiger partial charge in [-0.05, 0) is 36.4 Å². The minimum atomic E-state index is 0.608. The number of fused-ring (bicyclic) bond motifs is 4. The lowest BCUT2D eigenvalue weighted by atomic mass is 9.87. The molecule has 0 atom stereocenters. The first-order valence-corrected chi connectivity index (χ1v) is 23.2. The Morgan fingerprint density at radius 2 is 0.386 bits per heavy atom. The lowest BCUT2D eigenvalue weighted by molar-refractivity contribution is 1.21. The summed E-state index contributed by atoms with van der Waals surface area (Å²) < 4.78 is 0. The lowest BCUT2D eigenvalue weighted by Gasteiger charge is -2.21. The monoisotopic (exact) mass is 894 g/mol. The van der Waals surface area contributed by atoms with Crippen LogP contribution in [0.15, 0.2) is 231 Å². The molecule has 326 valence electrons. The maximum Gasteiger partial charge on any atom is 0.160 e. The van der Waals surface area contributed by atoms with E-state index in [2.05, 4.69) is 109 Å². The molecular formula is C62H38N8. The maximum atomic E-state index is 5.54. The molecule has 4 aromatic heterocycles. The van der Waals surface area contributed by atoms with E-state index >= 15 is 0 Å². The Bertz CT molecular complexity index is 3580. The van der Waals surface area contributed by atoms with E-state index in [-0.39, 0.29) is 0 Å². The summed E-state index contributed by atoms with van der Waals surface area (Å²) in [6.45, 7) is 0. The summed E-state index contributed by atoms with van der Waals surface area (Å²) >= 11 is 0. The fourth-order valence-corrected chi connectivity index (χ4v) is 9.38. The molecule has 8 nitrogen and oxygen atoms in total. The predicted molar refractivity (Wildman–Crippen MR) is 282 cm³/mol. The van der Waals surface area contributed by atoms with Crippen LogP contribution in [-0.2, 0) is 0 Å². The maximum absolute atomic E-state index is 5.54. The summed E-state index contributed by atoms with van der Waals surface area (Å²) in [5.74, 6) is 2.43. The topological polar surface area (TPSA) is 103 Å². The van der Waals surface area contributed by atoms with Crippen molar-refractivity contribution in [2.24, 2.45) is 0 Å². The van der Waals surface area contributed by atoms with Gasteiger partial charge >= 0.3 is 0 Å². The highest BCUT2D eigenvalue weighted by molar-refractivity contribution is 6.09. The van der Waals surface area contributed by atoms with E-state index in [4.69, 9.17) is 39.9 Å². The van der Waals surface area contributed by atoms with Crippen molar-refractivity contribution in [2.45, 2.75) is 0 Å². The second-order valence-corrected chi connectivity index (χ2v) is 17.1. The quantitative estimate of drug-likeness (QED) is 0.149. The van der Waals surface area contributed by atoms with E-state index in [1.807, 2.05) is 121 Å². The fraction of sp³-hybridized carbons (Fsp3) is 0. The third-order valence-electron chi connectivity index (χ3n) is 12.7. The van der Waals surface area contributed by atoms with Crippen molar-refractivity contribution >= 4 is 43.6 Å². The van der Waals surface area contributed by atoms with Crippen LogP contribution in [0.4, 0.5) is 0 Å². The molecule has 0 bridgehead atoms. The molecule has 9 aromatic carbocycles. The molecule has 0 fully saturated rings. The first kappa shape index (κ1) is 40.6. The Balaban J connectivity index is 1.23. The van der Waals surface area contributed by atoms with Crippen molar-refractivity contribution < 1.29 is 0 Å². The molecule has 0 aliphatic rings. The normalized spacial score (nSPS) is 11.4. The number of benzene rings is 9. The SMILES string of the molecule is c1ccc(-c2nc(-c3cc(-c4nc(-c5ccccc5)nc5ccccc45)c(-c4nc(-c5ccccc5)nc5ccccc45)cc3-c3nc(-c4ccccc4)nc4ccccc34)c3ccccc3n2)cc1. The van der Waals surface area contributed by atoms with Gasteiger partial charge in [-0.3, -0.25) is 0 Å².